The van der Waals surface area contributed by atoms with E-state index >= 15 is 0 Å². The molecular formula is C30H50O. The van der Waals surface area contributed by atoms with Crippen LogP contribution in [0.3, 0.4) is 0 Å². The quantitative estimate of drug-likeness (QED) is 0.450. The van der Waals surface area contributed by atoms with Gasteiger partial charge in [-0.05, 0) is 124 Å². The molecule has 0 aromatic rings. The van der Waals surface area contributed by atoms with E-state index in [1.54, 1.807) is 5.57 Å². The average Bonchev–Trinajstić information content (AvgIpc) is 3.03. The van der Waals surface area contributed by atoms with E-state index in [1.165, 1.54) is 50.5 Å². The third-order valence-electron chi connectivity index (χ3n) is 11.9. The van der Waals surface area contributed by atoms with Crippen molar-refractivity contribution in [1.29, 1.82) is 0 Å². The van der Waals surface area contributed by atoms with Gasteiger partial charge in [0.25, 0.3) is 0 Å². The summed E-state index contributed by atoms with van der Waals surface area (Å²) in [5, 5.41) is 10.8. The molecule has 4 aliphatic rings. The van der Waals surface area contributed by atoms with Crippen LogP contribution in [0.15, 0.2) is 23.3 Å². The fourth-order valence-electron chi connectivity index (χ4n) is 9.91. The molecular weight excluding hydrogens is 376 g/mol. The molecule has 0 saturated heterocycles. The second kappa shape index (κ2) is 7.75. The standard InChI is InChI=1S/C30H50O/c1-20(2)10-9-11-21(3)22-14-18-29(7)23(22)12-13-25-28(6)17-16-26(31)27(4,5)24(28)15-19-30(25,29)8/h10-11,22-26,31H,9,12-19H2,1-8H3/b21-11-/t22-,23-,24+,25-,26+,28+,29-,30-/m1/s1. The van der Waals surface area contributed by atoms with Gasteiger partial charge < -0.3 is 5.11 Å². The number of allylic oxidation sites excluding steroid dienone is 4. The molecule has 0 spiro atoms. The number of aliphatic hydroxyl groups is 1. The molecule has 0 aromatic heterocycles. The maximum Gasteiger partial charge on any atom is 0.0594 e. The Morgan fingerprint density at radius 2 is 1.45 bits per heavy atom. The van der Waals surface area contributed by atoms with Crippen molar-refractivity contribution in [3.05, 3.63) is 23.3 Å². The van der Waals surface area contributed by atoms with E-state index in [2.05, 4.69) is 67.5 Å². The van der Waals surface area contributed by atoms with E-state index in [0.717, 1.165) is 30.6 Å². The van der Waals surface area contributed by atoms with Crippen molar-refractivity contribution < 1.29 is 5.11 Å². The van der Waals surface area contributed by atoms with Gasteiger partial charge in [-0.15, -0.1) is 0 Å². The Kier molecular flexibility index (Phi) is 5.90. The van der Waals surface area contributed by atoms with Crippen LogP contribution in [0.2, 0.25) is 0 Å². The first-order chi connectivity index (χ1) is 14.4. The third kappa shape index (κ3) is 3.34. The van der Waals surface area contributed by atoms with Gasteiger partial charge in [0.15, 0.2) is 0 Å². The number of fused-ring (bicyclic) bond motifs is 5. The summed E-state index contributed by atoms with van der Waals surface area (Å²) in [4.78, 5) is 0. The molecule has 0 unspecified atom stereocenters. The van der Waals surface area contributed by atoms with Crippen molar-refractivity contribution in [2.45, 2.75) is 119 Å². The molecule has 4 aliphatic carbocycles. The average molecular weight is 427 g/mol. The SMILES string of the molecule is CC(C)=CC/C=C(/C)[C@H]1CC[C@]2(C)[C@@H]1CC[C@@H]1[C@@]3(C)CC[C@H](O)C(C)(C)[C@@H]3CC[C@]12C. The van der Waals surface area contributed by atoms with Crippen LogP contribution in [-0.2, 0) is 0 Å². The maximum absolute atomic E-state index is 10.8. The Hall–Kier alpha value is -0.560. The lowest BCUT2D eigenvalue weighted by Crippen LogP contribution is -2.63. The predicted molar refractivity (Wildman–Crippen MR) is 133 cm³/mol. The lowest BCUT2D eigenvalue weighted by molar-refractivity contribution is -0.220. The molecule has 31 heavy (non-hydrogen) atoms. The molecule has 0 aliphatic heterocycles. The van der Waals surface area contributed by atoms with Gasteiger partial charge in [0.2, 0.25) is 0 Å². The highest BCUT2D eigenvalue weighted by Gasteiger charge is 2.68. The third-order valence-corrected chi connectivity index (χ3v) is 11.9. The molecule has 0 radical (unpaired) electrons. The molecule has 176 valence electrons. The van der Waals surface area contributed by atoms with Crippen LogP contribution in [0, 0.1) is 45.3 Å². The minimum Gasteiger partial charge on any atom is -0.393 e. The lowest BCUT2D eigenvalue weighted by atomic mass is 9.35. The molecule has 8 atom stereocenters. The smallest absolute Gasteiger partial charge is 0.0594 e. The summed E-state index contributed by atoms with van der Waals surface area (Å²) >= 11 is 0. The summed E-state index contributed by atoms with van der Waals surface area (Å²) in [6.07, 6.45) is 16.4. The van der Waals surface area contributed by atoms with Crippen molar-refractivity contribution in [1.82, 2.24) is 0 Å². The van der Waals surface area contributed by atoms with Crippen LogP contribution in [0.4, 0.5) is 0 Å². The fraction of sp³-hybridized carbons (Fsp3) is 0.867. The van der Waals surface area contributed by atoms with Gasteiger partial charge in [-0.2, -0.15) is 0 Å². The van der Waals surface area contributed by atoms with Crippen LogP contribution in [0.25, 0.3) is 0 Å². The largest absolute Gasteiger partial charge is 0.393 e. The van der Waals surface area contributed by atoms with Crippen LogP contribution in [0.5, 0.6) is 0 Å². The van der Waals surface area contributed by atoms with Crippen molar-refractivity contribution >= 4 is 0 Å². The van der Waals surface area contributed by atoms with E-state index in [-0.39, 0.29) is 11.5 Å². The van der Waals surface area contributed by atoms with Crippen molar-refractivity contribution in [3.63, 3.8) is 0 Å². The van der Waals surface area contributed by atoms with Gasteiger partial charge in [0.1, 0.15) is 0 Å². The minimum atomic E-state index is -0.119. The maximum atomic E-state index is 10.8. The molecule has 0 aromatic carbocycles. The van der Waals surface area contributed by atoms with Crippen LogP contribution < -0.4 is 0 Å². The zero-order chi connectivity index (χ0) is 22.8. The minimum absolute atomic E-state index is 0.0640. The number of aliphatic hydroxyl groups excluding tert-OH is 1. The van der Waals surface area contributed by atoms with Crippen LogP contribution in [-0.4, -0.2) is 11.2 Å². The Balaban J connectivity index is 1.63. The number of rotatable bonds is 3. The first-order valence-electron chi connectivity index (χ1n) is 13.4. The zero-order valence-electron chi connectivity index (χ0n) is 21.9. The summed E-state index contributed by atoms with van der Waals surface area (Å²) in [7, 11) is 0. The van der Waals surface area contributed by atoms with E-state index in [4.69, 9.17) is 0 Å². The molecule has 0 heterocycles. The highest BCUT2D eigenvalue weighted by Crippen LogP contribution is 2.75. The topological polar surface area (TPSA) is 20.2 Å². The monoisotopic (exact) mass is 426 g/mol. The van der Waals surface area contributed by atoms with E-state index < -0.39 is 0 Å². The molecule has 1 N–H and O–H groups in total. The second-order valence-electron chi connectivity index (χ2n) is 13.7. The summed E-state index contributed by atoms with van der Waals surface area (Å²) < 4.78 is 0. The number of hydrogen-bond donors (Lipinski definition) is 1. The first kappa shape index (κ1) is 23.6. The van der Waals surface area contributed by atoms with Gasteiger partial charge in [-0.1, -0.05) is 57.9 Å². The predicted octanol–water partition coefficient (Wildman–Crippen LogP) is 8.34. The van der Waals surface area contributed by atoms with Gasteiger partial charge >= 0.3 is 0 Å². The van der Waals surface area contributed by atoms with E-state index in [0.29, 0.717) is 22.2 Å². The van der Waals surface area contributed by atoms with Crippen LogP contribution in [0.1, 0.15) is 113 Å². The Morgan fingerprint density at radius 1 is 0.774 bits per heavy atom. The zero-order valence-corrected chi connectivity index (χ0v) is 21.9. The van der Waals surface area contributed by atoms with Gasteiger partial charge in [0, 0.05) is 0 Å². The second-order valence-corrected chi connectivity index (χ2v) is 13.7. The highest BCUT2D eigenvalue weighted by atomic mass is 16.3. The highest BCUT2D eigenvalue weighted by molar-refractivity contribution is 5.21. The summed E-state index contributed by atoms with van der Waals surface area (Å²) in [5.41, 5.74) is 4.48. The molecule has 0 bridgehead atoms. The van der Waals surface area contributed by atoms with Gasteiger partial charge in [-0.3, -0.25) is 0 Å². The summed E-state index contributed by atoms with van der Waals surface area (Å²) in [5.74, 6) is 3.15. The Morgan fingerprint density at radius 3 is 2.13 bits per heavy atom. The number of hydrogen-bond acceptors (Lipinski definition) is 1. The van der Waals surface area contributed by atoms with Crippen molar-refractivity contribution in [2.75, 3.05) is 0 Å². The molecule has 1 nitrogen and oxygen atoms in total. The van der Waals surface area contributed by atoms with Gasteiger partial charge in [-0.25, -0.2) is 0 Å². The molecule has 4 saturated carbocycles. The lowest BCUT2D eigenvalue weighted by Gasteiger charge is -2.69. The normalized spacial score (nSPS) is 49.1. The molecule has 4 fully saturated rings. The molecule has 4 rings (SSSR count). The Labute approximate surface area is 193 Å². The Bertz CT molecular complexity index is 754. The van der Waals surface area contributed by atoms with Gasteiger partial charge in [0.05, 0.1) is 6.10 Å². The fourth-order valence-corrected chi connectivity index (χ4v) is 9.91. The van der Waals surface area contributed by atoms with E-state index in [9.17, 15) is 5.11 Å². The summed E-state index contributed by atoms with van der Waals surface area (Å²) in [6, 6.07) is 0. The van der Waals surface area contributed by atoms with Crippen molar-refractivity contribution in [3.8, 4) is 0 Å². The first-order valence-corrected chi connectivity index (χ1v) is 13.4. The molecule has 1 heteroatoms. The molecule has 0 amide bonds. The summed E-state index contributed by atoms with van der Waals surface area (Å²) in [6.45, 7) is 19.6. The van der Waals surface area contributed by atoms with E-state index in [1.807, 2.05) is 0 Å². The van der Waals surface area contributed by atoms with Crippen molar-refractivity contribution in [2.24, 2.45) is 45.3 Å². The van der Waals surface area contributed by atoms with Crippen LogP contribution >= 0.6 is 0 Å².